The fraction of sp³-hybridized carbons (Fsp3) is 0.769. The number of hydrogen-bond acceptors (Lipinski definition) is 4. The molecule has 1 heterocycles. The molecule has 1 aromatic heterocycles. The smallest absolute Gasteiger partial charge is 0.244 e. The summed E-state index contributed by atoms with van der Waals surface area (Å²) in [4.78, 5) is 0.206. The molecule has 4 N–H and O–H groups in total. The number of unbranched alkanes of at least 4 members (excludes halogenated alkanes) is 1. The predicted molar refractivity (Wildman–Crippen MR) is 79.8 cm³/mol. The summed E-state index contributed by atoms with van der Waals surface area (Å²) in [6, 6.07) is -0.0233. The van der Waals surface area contributed by atoms with Gasteiger partial charge in [-0.1, -0.05) is 33.1 Å². The van der Waals surface area contributed by atoms with E-state index in [0.717, 1.165) is 32.1 Å². The maximum absolute atomic E-state index is 12.5. The highest BCUT2D eigenvalue weighted by Crippen LogP contribution is 2.19. The summed E-state index contributed by atoms with van der Waals surface area (Å²) in [6.45, 7) is 5.96. The molecule has 0 aliphatic carbocycles. The van der Waals surface area contributed by atoms with E-state index in [0.29, 0.717) is 11.4 Å². The van der Waals surface area contributed by atoms with Gasteiger partial charge in [0.1, 0.15) is 4.90 Å². The number of hydrogen-bond donors (Lipinski definition) is 3. The first kappa shape index (κ1) is 17.1. The Balaban J connectivity index is 2.94. The largest absolute Gasteiger partial charge is 0.325 e. The number of aromatic nitrogens is 2. The Labute approximate surface area is 121 Å². The highest BCUT2D eigenvalue weighted by Gasteiger charge is 2.26. The molecule has 0 fully saturated rings. The van der Waals surface area contributed by atoms with Gasteiger partial charge in [0.2, 0.25) is 10.0 Å². The zero-order chi connectivity index (χ0) is 15.2. The van der Waals surface area contributed by atoms with Gasteiger partial charge in [-0.05, 0) is 19.8 Å². The molecule has 1 atom stereocenters. The zero-order valence-corrected chi connectivity index (χ0v) is 13.4. The second-order valence-electron chi connectivity index (χ2n) is 5.08. The van der Waals surface area contributed by atoms with E-state index in [1.54, 1.807) is 6.92 Å². The van der Waals surface area contributed by atoms with Gasteiger partial charge in [0, 0.05) is 12.6 Å². The fourth-order valence-corrected chi connectivity index (χ4v) is 3.98. The van der Waals surface area contributed by atoms with Gasteiger partial charge in [-0.2, -0.15) is 5.10 Å². The van der Waals surface area contributed by atoms with Crippen LogP contribution in [0.3, 0.4) is 0 Å². The average Bonchev–Trinajstić information content (AvgIpc) is 2.78. The molecule has 1 rings (SSSR count). The van der Waals surface area contributed by atoms with Gasteiger partial charge in [-0.15, -0.1) is 0 Å². The van der Waals surface area contributed by atoms with Gasteiger partial charge >= 0.3 is 0 Å². The molecule has 1 aromatic rings. The highest BCUT2D eigenvalue weighted by molar-refractivity contribution is 7.89. The Bertz CT molecular complexity index is 510. The van der Waals surface area contributed by atoms with Crippen molar-refractivity contribution in [3.05, 3.63) is 11.4 Å². The highest BCUT2D eigenvalue weighted by atomic mass is 32.2. The molecule has 116 valence electrons. The lowest BCUT2D eigenvalue weighted by Gasteiger charge is -2.18. The van der Waals surface area contributed by atoms with E-state index in [9.17, 15) is 8.42 Å². The standard InChI is InChI=1S/C13H26N4O2S/c1-4-6-8-11(7-5-2)17-20(18,19)13-10(3)15-16-12(13)9-14/h11,17H,4-9,14H2,1-3H3,(H,15,16). The number of nitrogens with one attached hydrogen (secondary N) is 2. The number of nitrogens with two attached hydrogens (primary N) is 1. The quantitative estimate of drug-likeness (QED) is 0.647. The summed E-state index contributed by atoms with van der Waals surface area (Å²) in [7, 11) is -3.57. The molecule has 0 aliphatic heterocycles. The van der Waals surface area contributed by atoms with Crippen molar-refractivity contribution in [1.29, 1.82) is 0 Å². The second kappa shape index (κ2) is 7.75. The molecule has 0 spiro atoms. The third-order valence-corrected chi connectivity index (χ3v) is 5.01. The van der Waals surface area contributed by atoms with Crippen LogP contribution in [0.1, 0.15) is 57.3 Å². The molecule has 0 aliphatic rings. The van der Waals surface area contributed by atoms with Crippen molar-refractivity contribution < 1.29 is 8.42 Å². The topological polar surface area (TPSA) is 101 Å². The number of nitrogens with zero attached hydrogens (tertiary/aromatic N) is 1. The number of rotatable bonds is 9. The SMILES string of the molecule is CCCCC(CCC)NS(=O)(=O)c1c(CN)n[nH]c1C. The Morgan fingerprint density at radius 3 is 2.55 bits per heavy atom. The Morgan fingerprint density at radius 1 is 1.30 bits per heavy atom. The van der Waals surface area contributed by atoms with Crippen molar-refractivity contribution in [2.45, 2.75) is 70.4 Å². The van der Waals surface area contributed by atoms with Crippen molar-refractivity contribution in [2.75, 3.05) is 0 Å². The third kappa shape index (κ3) is 4.29. The summed E-state index contributed by atoms with van der Waals surface area (Å²) in [5.74, 6) is 0. The average molecular weight is 302 g/mol. The van der Waals surface area contributed by atoms with Crippen LogP contribution >= 0.6 is 0 Å². The van der Waals surface area contributed by atoms with Crippen molar-refractivity contribution in [3.8, 4) is 0 Å². The van der Waals surface area contributed by atoms with Gasteiger partial charge in [-0.3, -0.25) is 5.10 Å². The van der Waals surface area contributed by atoms with Crippen molar-refractivity contribution in [2.24, 2.45) is 5.73 Å². The molecular formula is C13H26N4O2S. The lowest BCUT2D eigenvalue weighted by Crippen LogP contribution is -2.35. The number of H-pyrrole nitrogens is 1. The van der Waals surface area contributed by atoms with Crippen LogP contribution in [0, 0.1) is 6.92 Å². The van der Waals surface area contributed by atoms with E-state index < -0.39 is 10.0 Å². The molecule has 0 aromatic carbocycles. The van der Waals surface area contributed by atoms with Gasteiger partial charge in [-0.25, -0.2) is 13.1 Å². The number of aryl methyl sites for hydroxylation is 1. The van der Waals surface area contributed by atoms with Gasteiger partial charge < -0.3 is 5.73 Å². The monoisotopic (exact) mass is 302 g/mol. The Kier molecular flexibility index (Phi) is 6.64. The molecule has 6 nitrogen and oxygen atoms in total. The lowest BCUT2D eigenvalue weighted by molar-refractivity contribution is 0.483. The van der Waals surface area contributed by atoms with Crippen LogP contribution in [0.4, 0.5) is 0 Å². The van der Waals surface area contributed by atoms with Crippen LogP contribution in [0.15, 0.2) is 4.90 Å². The van der Waals surface area contributed by atoms with Gasteiger partial charge in [0.05, 0.1) is 11.4 Å². The summed E-state index contributed by atoms with van der Waals surface area (Å²) in [5.41, 5.74) is 6.48. The molecular weight excluding hydrogens is 276 g/mol. The fourth-order valence-electron chi connectivity index (χ4n) is 2.30. The first-order chi connectivity index (χ1) is 9.46. The van der Waals surface area contributed by atoms with Crippen LogP contribution < -0.4 is 10.5 Å². The lowest BCUT2D eigenvalue weighted by atomic mass is 10.1. The zero-order valence-electron chi connectivity index (χ0n) is 12.6. The predicted octanol–water partition coefficient (Wildman–Crippen LogP) is 1.81. The normalized spacial score (nSPS) is 13.6. The summed E-state index contributed by atoms with van der Waals surface area (Å²) in [5, 5.41) is 6.64. The maximum atomic E-state index is 12.5. The van der Waals surface area contributed by atoms with Crippen molar-refractivity contribution in [3.63, 3.8) is 0 Å². The van der Waals surface area contributed by atoms with Crippen LogP contribution in [-0.4, -0.2) is 24.7 Å². The van der Waals surface area contributed by atoms with Gasteiger partial charge in [0.15, 0.2) is 0 Å². The minimum Gasteiger partial charge on any atom is -0.325 e. The Morgan fingerprint density at radius 2 is 2.00 bits per heavy atom. The summed E-state index contributed by atoms with van der Waals surface area (Å²) in [6.07, 6.45) is 4.72. The minimum absolute atomic E-state index is 0.0233. The van der Waals surface area contributed by atoms with Crippen molar-refractivity contribution >= 4 is 10.0 Å². The van der Waals surface area contributed by atoms with Crippen LogP contribution in [0.2, 0.25) is 0 Å². The molecule has 0 saturated heterocycles. The molecule has 0 saturated carbocycles. The van der Waals surface area contributed by atoms with Crippen LogP contribution in [-0.2, 0) is 16.6 Å². The molecule has 0 amide bonds. The Hall–Kier alpha value is -0.920. The molecule has 7 heteroatoms. The van der Waals surface area contributed by atoms with E-state index >= 15 is 0 Å². The third-order valence-electron chi connectivity index (χ3n) is 3.29. The number of aromatic amines is 1. The van der Waals surface area contributed by atoms with E-state index in [2.05, 4.69) is 28.8 Å². The summed E-state index contributed by atoms with van der Waals surface area (Å²) < 4.78 is 27.8. The van der Waals surface area contributed by atoms with E-state index in [-0.39, 0.29) is 17.5 Å². The van der Waals surface area contributed by atoms with Crippen LogP contribution in [0.25, 0.3) is 0 Å². The van der Waals surface area contributed by atoms with Crippen molar-refractivity contribution in [1.82, 2.24) is 14.9 Å². The first-order valence-corrected chi connectivity index (χ1v) is 8.70. The minimum atomic E-state index is -3.57. The number of sulfonamides is 1. The molecule has 20 heavy (non-hydrogen) atoms. The van der Waals surface area contributed by atoms with Crippen LogP contribution in [0.5, 0.6) is 0 Å². The second-order valence-corrected chi connectivity index (χ2v) is 6.73. The molecule has 0 bridgehead atoms. The van der Waals surface area contributed by atoms with E-state index in [4.69, 9.17) is 5.73 Å². The molecule has 0 radical (unpaired) electrons. The summed E-state index contributed by atoms with van der Waals surface area (Å²) >= 11 is 0. The van der Waals surface area contributed by atoms with E-state index in [1.165, 1.54) is 0 Å². The first-order valence-electron chi connectivity index (χ1n) is 7.22. The van der Waals surface area contributed by atoms with E-state index in [1.807, 2.05) is 0 Å². The maximum Gasteiger partial charge on any atom is 0.244 e. The molecule has 1 unspecified atom stereocenters. The van der Waals surface area contributed by atoms with Gasteiger partial charge in [0.25, 0.3) is 0 Å².